The van der Waals surface area contributed by atoms with Gasteiger partial charge in [0.1, 0.15) is 5.65 Å². The second-order valence-corrected chi connectivity index (χ2v) is 6.70. The first-order valence-electron chi connectivity index (χ1n) is 9.36. The number of anilines is 1. The van der Waals surface area contributed by atoms with Crippen LogP contribution in [0.1, 0.15) is 16.7 Å². The van der Waals surface area contributed by atoms with Crippen LogP contribution in [-0.2, 0) is 19.4 Å². The minimum absolute atomic E-state index is 0.205. The molecular formula is C23H22N4O. The molecule has 4 aromatic rings. The number of carbonyl (C=O) groups excluding carboxylic acids is 1. The lowest BCUT2D eigenvalue weighted by atomic mass is 10.0. The van der Waals surface area contributed by atoms with Crippen molar-refractivity contribution in [2.75, 3.05) is 5.32 Å². The number of fused-ring (bicyclic) bond motifs is 1. The number of para-hydroxylation sites is 1. The van der Waals surface area contributed by atoms with Crippen molar-refractivity contribution >= 4 is 22.8 Å². The zero-order valence-electron chi connectivity index (χ0n) is 15.5. The lowest BCUT2D eigenvalue weighted by Crippen LogP contribution is -2.28. The summed E-state index contributed by atoms with van der Waals surface area (Å²) in [6.07, 6.45) is 5.77. The number of urea groups is 1. The van der Waals surface area contributed by atoms with Gasteiger partial charge in [-0.3, -0.25) is 0 Å². The monoisotopic (exact) mass is 370 g/mol. The number of benzene rings is 2. The third-order valence-electron chi connectivity index (χ3n) is 4.73. The first-order chi connectivity index (χ1) is 13.8. The van der Waals surface area contributed by atoms with Crippen LogP contribution in [0, 0.1) is 0 Å². The van der Waals surface area contributed by atoms with Gasteiger partial charge in [-0.1, -0.05) is 42.5 Å². The van der Waals surface area contributed by atoms with E-state index >= 15 is 0 Å². The molecule has 0 unspecified atom stereocenters. The number of amides is 2. The van der Waals surface area contributed by atoms with Crippen molar-refractivity contribution in [3.8, 4) is 0 Å². The normalized spacial score (nSPS) is 10.7. The van der Waals surface area contributed by atoms with Crippen LogP contribution in [0.5, 0.6) is 0 Å². The summed E-state index contributed by atoms with van der Waals surface area (Å²) in [5.74, 6) is 0. The Hall–Kier alpha value is -3.60. The summed E-state index contributed by atoms with van der Waals surface area (Å²) in [4.78, 5) is 19.5. The number of nitrogens with zero attached hydrogens (tertiary/aromatic N) is 1. The lowest BCUT2D eigenvalue weighted by Gasteiger charge is -2.08. The molecule has 0 aliphatic heterocycles. The molecule has 2 heterocycles. The van der Waals surface area contributed by atoms with Gasteiger partial charge in [-0.05, 0) is 53.8 Å². The Kier molecular flexibility index (Phi) is 5.33. The molecule has 0 atom stereocenters. The molecule has 140 valence electrons. The molecule has 0 saturated heterocycles. The molecule has 3 N–H and O–H groups in total. The molecule has 4 rings (SSSR count). The van der Waals surface area contributed by atoms with E-state index in [-0.39, 0.29) is 6.03 Å². The van der Waals surface area contributed by atoms with Gasteiger partial charge in [0.2, 0.25) is 0 Å². The maximum Gasteiger partial charge on any atom is 0.319 e. The molecular weight excluding hydrogens is 348 g/mol. The van der Waals surface area contributed by atoms with Gasteiger partial charge in [0.05, 0.1) is 0 Å². The smallest absolute Gasteiger partial charge is 0.319 e. The molecule has 0 aliphatic carbocycles. The summed E-state index contributed by atoms with van der Waals surface area (Å²) in [6, 6.07) is 21.7. The Morgan fingerprint density at radius 2 is 1.68 bits per heavy atom. The SMILES string of the molecule is O=C(NCc1ccc(CCc2c[nH]c3ncccc23)cc1)Nc1ccccc1. The average Bonchev–Trinajstić information content (AvgIpc) is 3.15. The molecule has 0 bridgehead atoms. The topological polar surface area (TPSA) is 69.8 Å². The molecule has 5 heteroatoms. The highest BCUT2D eigenvalue weighted by molar-refractivity contribution is 5.89. The predicted octanol–water partition coefficient (Wildman–Crippen LogP) is 4.67. The van der Waals surface area contributed by atoms with Crippen LogP contribution in [0.4, 0.5) is 10.5 Å². The minimum atomic E-state index is -0.205. The lowest BCUT2D eigenvalue weighted by molar-refractivity contribution is 0.251. The maximum atomic E-state index is 12.0. The van der Waals surface area contributed by atoms with Crippen LogP contribution in [0.2, 0.25) is 0 Å². The Balaban J connectivity index is 1.28. The summed E-state index contributed by atoms with van der Waals surface area (Å²) in [5.41, 5.74) is 5.35. The van der Waals surface area contributed by atoms with Gasteiger partial charge in [-0.15, -0.1) is 0 Å². The average molecular weight is 370 g/mol. The van der Waals surface area contributed by atoms with E-state index in [9.17, 15) is 4.79 Å². The summed E-state index contributed by atoms with van der Waals surface area (Å²) in [7, 11) is 0. The Morgan fingerprint density at radius 3 is 2.50 bits per heavy atom. The van der Waals surface area contributed by atoms with Crippen molar-refractivity contribution in [3.63, 3.8) is 0 Å². The number of hydrogen-bond donors (Lipinski definition) is 3. The molecule has 0 radical (unpaired) electrons. The highest BCUT2D eigenvalue weighted by Gasteiger charge is 2.05. The van der Waals surface area contributed by atoms with Crippen LogP contribution in [-0.4, -0.2) is 16.0 Å². The van der Waals surface area contributed by atoms with Gasteiger partial charge >= 0.3 is 6.03 Å². The van der Waals surface area contributed by atoms with Gasteiger partial charge in [0.15, 0.2) is 0 Å². The largest absolute Gasteiger partial charge is 0.346 e. The quantitative estimate of drug-likeness (QED) is 0.462. The van der Waals surface area contributed by atoms with Crippen LogP contribution in [0.25, 0.3) is 11.0 Å². The minimum Gasteiger partial charge on any atom is -0.346 e. The van der Waals surface area contributed by atoms with Crippen LogP contribution in [0.15, 0.2) is 79.1 Å². The van der Waals surface area contributed by atoms with E-state index in [1.807, 2.05) is 42.6 Å². The number of H-pyrrole nitrogens is 1. The Bertz CT molecular complexity index is 1050. The molecule has 0 saturated carbocycles. The summed E-state index contributed by atoms with van der Waals surface area (Å²) in [6.45, 7) is 0.493. The van der Waals surface area contributed by atoms with Crippen molar-refractivity contribution in [3.05, 3.63) is 95.8 Å². The van der Waals surface area contributed by atoms with E-state index in [0.29, 0.717) is 6.54 Å². The van der Waals surface area contributed by atoms with Crippen molar-refractivity contribution in [1.29, 1.82) is 0 Å². The van der Waals surface area contributed by atoms with Crippen molar-refractivity contribution < 1.29 is 4.79 Å². The molecule has 2 amide bonds. The maximum absolute atomic E-state index is 12.0. The van der Waals surface area contributed by atoms with Gasteiger partial charge < -0.3 is 15.6 Å². The number of carbonyl (C=O) groups is 1. The van der Waals surface area contributed by atoms with E-state index in [0.717, 1.165) is 29.7 Å². The van der Waals surface area contributed by atoms with Gasteiger partial charge in [0.25, 0.3) is 0 Å². The Labute approximate surface area is 163 Å². The van der Waals surface area contributed by atoms with E-state index in [2.05, 4.69) is 50.9 Å². The zero-order chi connectivity index (χ0) is 19.2. The molecule has 0 fully saturated rings. The second-order valence-electron chi connectivity index (χ2n) is 6.70. The van der Waals surface area contributed by atoms with Crippen molar-refractivity contribution in [2.24, 2.45) is 0 Å². The van der Waals surface area contributed by atoms with Crippen molar-refractivity contribution in [2.45, 2.75) is 19.4 Å². The number of aromatic amines is 1. The highest BCUT2D eigenvalue weighted by atomic mass is 16.2. The summed E-state index contributed by atoms with van der Waals surface area (Å²) >= 11 is 0. The van der Waals surface area contributed by atoms with Crippen LogP contribution < -0.4 is 10.6 Å². The fourth-order valence-electron chi connectivity index (χ4n) is 3.20. The third-order valence-corrected chi connectivity index (χ3v) is 4.73. The first-order valence-corrected chi connectivity index (χ1v) is 9.36. The number of nitrogens with one attached hydrogen (secondary N) is 3. The van der Waals surface area contributed by atoms with E-state index < -0.39 is 0 Å². The number of rotatable bonds is 6. The number of aryl methyl sites for hydroxylation is 2. The molecule has 5 nitrogen and oxygen atoms in total. The van der Waals surface area contributed by atoms with Crippen LogP contribution in [0.3, 0.4) is 0 Å². The standard InChI is InChI=1S/C23H22N4O/c28-23(27-20-5-2-1-3-6-20)26-15-18-10-8-17(9-11-18)12-13-19-16-25-22-21(19)7-4-14-24-22/h1-11,14,16H,12-13,15H2,(H,24,25)(H2,26,27,28). The molecule has 28 heavy (non-hydrogen) atoms. The zero-order valence-corrected chi connectivity index (χ0v) is 15.5. The van der Waals surface area contributed by atoms with Gasteiger partial charge in [0, 0.05) is 30.0 Å². The Morgan fingerprint density at radius 1 is 0.893 bits per heavy atom. The number of hydrogen-bond acceptors (Lipinski definition) is 2. The van der Waals surface area contributed by atoms with Crippen molar-refractivity contribution in [1.82, 2.24) is 15.3 Å². The molecule has 0 spiro atoms. The molecule has 0 aliphatic rings. The molecule has 2 aromatic carbocycles. The van der Waals surface area contributed by atoms with E-state index in [4.69, 9.17) is 0 Å². The fraction of sp³-hybridized carbons (Fsp3) is 0.130. The van der Waals surface area contributed by atoms with E-state index in [1.54, 1.807) is 6.20 Å². The highest BCUT2D eigenvalue weighted by Crippen LogP contribution is 2.18. The van der Waals surface area contributed by atoms with Gasteiger partial charge in [-0.25, -0.2) is 9.78 Å². The van der Waals surface area contributed by atoms with Crippen LogP contribution >= 0.6 is 0 Å². The molecule has 2 aromatic heterocycles. The predicted molar refractivity (Wildman–Crippen MR) is 112 cm³/mol. The van der Waals surface area contributed by atoms with E-state index in [1.165, 1.54) is 16.5 Å². The summed E-state index contributed by atoms with van der Waals surface area (Å²) in [5, 5.41) is 6.88. The fourth-order valence-corrected chi connectivity index (χ4v) is 3.20. The third kappa shape index (κ3) is 4.38. The second kappa shape index (κ2) is 8.39. The number of pyridine rings is 1. The summed E-state index contributed by atoms with van der Waals surface area (Å²) < 4.78 is 0. The van der Waals surface area contributed by atoms with Gasteiger partial charge in [-0.2, -0.15) is 0 Å². The first kappa shape index (κ1) is 17.8. The number of aromatic nitrogens is 2.